The van der Waals surface area contributed by atoms with Gasteiger partial charge in [0, 0.05) is 0 Å². The van der Waals surface area contributed by atoms with Crippen LogP contribution in [-0.4, -0.2) is 25.7 Å². The summed E-state index contributed by atoms with van der Waals surface area (Å²) in [5, 5.41) is 12.9. The zero-order valence-corrected chi connectivity index (χ0v) is 8.82. The monoisotopic (exact) mass is 255 g/mol. The first-order valence-corrected chi connectivity index (χ1v) is 4.64. The first-order valence-electron chi connectivity index (χ1n) is 3.85. The number of halogens is 1. The van der Waals surface area contributed by atoms with E-state index in [0.29, 0.717) is 10.3 Å². The van der Waals surface area contributed by atoms with E-state index < -0.39 is 5.97 Å². The molecular weight excluding hydrogens is 250 g/mol. The summed E-state index contributed by atoms with van der Waals surface area (Å²) in [7, 11) is 0. The molecule has 0 saturated heterocycles. The minimum Gasteiger partial charge on any atom is -0.476 e. The van der Waals surface area contributed by atoms with Crippen LogP contribution in [0, 0.1) is 6.92 Å². The minimum atomic E-state index is -1.07. The highest BCUT2D eigenvalue weighted by atomic mass is 79.9. The number of hydrogen-bond donors (Lipinski definition) is 1. The summed E-state index contributed by atoms with van der Waals surface area (Å²) in [5.74, 6) is -1.07. The average molecular weight is 256 g/mol. The van der Waals surface area contributed by atoms with Crippen molar-refractivity contribution >= 4 is 27.5 Å². The number of aromatic carboxylic acids is 1. The molecule has 2 rings (SSSR count). The first kappa shape index (κ1) is 9.14. The van der Waals surface area contributed by atoms with Crippen LogP contribution in [0.15, 0.2) is 16.7 Å². The highest BCUT2D eigenvalue weighted by Gasteiger charge is 2.16. The molecule has 6 heteroatoms. The van der Waals surface area contributed by atoms with E-state index in [1.165, 1.54) is 4.52 Å². The van der Waals surface area contributed by atoms with Gasteiger partial charge in [-0.2, -0.15) is 5.10 Å². The zero-order chi connectivity index (χ0) is 10.3. The lowest BCUT2D eigenvalue weighted by Crippen LogP contribution is -1.98. The van der Waals surface area contributed by atoms with E-state index in [4.69, 9.17) is 5.11 Å². The summed E-state index contributed by atoms with van der Waals surface area (Å²) in [6.45, 7) is 1.83. The normalized spacial score (nSPS) is 10.7. The van der Waals surface area contributed by atoms with Gasteiger partial charge in [-0.25, -0.2) is 14.3 Å². The van der Waals surface area contributed by atoms with E-state index in [-0.39, 0.29) is 5.69 Å². The SMILES string of the molecule is Cc1ccc2nc(C(=O)O)c(Br)n2n1. The van der Waals surface area contributed by atoms with E-state index in [2.05, 4.69) is 26.0 Å². The maximum absolute atomic E-state index is 10.7. The van der Waals surface area contributed by atoms with Crippen molar-refractivity contribution in [3.05, 3.63) is 28.1 Å². The number of nitrogens with zero attached hydrogens (tertiary/aromatic N) is 3. The number of rotatable bonds is 1. The molecule has 0 aliphatic heterocycles. The van der Waals surface area contributed by atoms with Gasteiger partial charge in [-0.15, -0.1) is 0 Å². The molecule has 0 amide bonds. The fourth-order valence-corrected chi connectivity index (χ4v) is 1.65. The van der Waals surface area contributed by atoms with Gasteiger partial charge < -0.3 is 5.11 Å². The molecule has 0 fully saturated rings. The average Bonchev–Trinajstić information content (AvgIpc) is 2.44. The lowest BCUT2D eigenvalue weighted by atomic mass is 10.4. The molecule has 0 bridgehead atoms. The van der Waals surface area contributed by atoms with E-state index in [1.54, 1.807) is 12.1 Å². The minimum absolute atomic E-state index is 0.0249. The number of fused-ring (bicyclic) bond motifs is 1. The summed E-state index contributed by atoms with van der Waals surface area (Å²) in [5.41, 5.74) is 1.29. The molecule has 0 saturated carbocycles. The second kappa shape index (κ2) is 3.06. The topological polar surface area (TPSA) is 67.5 Å². The van der Waals surface area contributed by atoms with Crippen molar-refractivity contribution in [2.45, 2.75) is 6.92 Å². The summed E-state index contributed by atoms with van der Waals surface area (Å²) in [4.78, 5) is 14.6. The fraction of sp³-hybridized carbons (Fsp3) is 0.125. The number of hydrogen-bond acceptors (Lipinski definition) is 3. The Morgan fingerprint density at radius 2 is 2.29 bits per heavy atom. The number of carboxylic acid groups (broad SMARTS) is 1. The maximum Gasteiger partial charge on any atom is 0.357 e. The predicted molar refractivity (Wildman–Crippen MR) is 52.4 cm³/mol. The Balaban J connectivity index is 2.80. The summed E-state index contributed by atoms with van der Waals surface area (Å²) >= 11 is 3.14. The maximum atomic E-state index is 10.7. The van der Waals surface area contributed by atoms with Crippen molar-refractivity contribution in [3.63, 3.8) is 0 Å². The quantitative estimate of drug-likeness (QED) is 0.839. The van der Waals surface area contributed by atoms with Gasteiger partial charge in [0.15, 0.2) is 11.3 Å². The van der Waals surface area contributed by atoms with Crippen LogP contribution >= 0.6 is 15.9 Å². The molecule has 2 aromatic heterocycles. The largest absolute Gasteiger partial charge is 0.476 e. The standard InChI is InChI=1S/C8H6BrN3O2/c1-4-2-3-5-10-6(8(13)14)7(9)12(5)11-4/h2-3H,1H3,(H,13,14). The van der Waals surface area contributed by atoms with Crippen LogP contribution in [0.5, 0.6) is 0 Å². The Morgan fingerprint density at radius 3 is 2.93 bits per heavy atom. The van der Waals surface area contributed by atoms with Crippen LogP contribution in [0.25, 0.3) is 5.65 Å². The van der Waals surface area contributed by atoms with Gasteiger partial charge in [0.2, 0.25) is 0 Å². The summed E-state index contributed by atoms with van der Waals surface area (Å²) in [6.07, 6.45) is 0. The lowest BCUT2D eigenvalue weighted by Gasteiger charge is -1.94. The number of carbonyl (C=O) groups is 1. The van der Waals surface area contributed by atoms with Crippen LogP contribution < -0.4 is 0 Å². The molecule has 0 atom stereocenters. The molecular formula is C8H6BrN3O2. The van der Waals surface area contributed by atoms with Gasteiger partial charge in [-0.05, 0) is 35.0 Å². The van der Waals surface area contributed by atoms with Gasteiger partial charge in [-0.1, -0.05) is 0 Å². The Bertz CT molecular complexity index is 521. The Kier molecular flexibility index (Phi) is 1.99. The van der Waals surface area contributed by atoms with Crippen molar-refractivity contribution < 1.29 is 9.90 Å². The van der Waals surface area contributed by atoms with Crippen LogP contribution in [-0.2, 0) is 0 Å². The van der Waals surface area contributed by atoms with Crippen LogP contribution in [0.1, 0.15) is 16.2 Å². The molecule has 0 radical (unpaired) electrons. The van der Waals surface area contributed by atoms with Gasteiger partial charge in [0.25, 0.3) is 0 Å². The van der Waals surface area contributed by atoms with Gasteiger partial charge in [-0.3, -0.25) is 0 Å². The predicted octanol–water partition coefficient (Wildman–Crippen LogP) is 1.50. The van der Waals surface area contributed by atoms with Crippen molar-refractivity contribution in [1.82, 2.24) is 14.6 Å². The lowest BCUT2D eigenvalue weighted by molar-refractivity contribution is 0.0690. The van der Waals surface area contributed by atoms with Crippen LogP contribution in [0.3, 0.4) is 0 Å². The van der Waals surface area contributed by atoms with Crippen LogP contribution in [0.2, 0.25) is 0 Å². The number of aryl methyl sites for hydroxylation is 1. The smallest absolute Gasteiger partial charge is 0.357 e. The Hall–Kier alpha value is -1.43. The van der Waals surface area contributed by atoms with E-state index >= 15 is 0 Å². The molecule has 1 N–H and O–H groups in total. The van der Waals surface area contributed by atoms with Crippen molar-refractivity contribution in [1.29, 1.82) is 0 Å². The Labute approximate surface area is 87.5 Å². The first-order chi connectivity index (χ1) is 6.59. The second-order valence-corrected chi connectivity index (χ2v) is 3.55. The molecule has 2 aromatic rings. The van der Waals surface area contributed by atoms with Crippen molar-refractivity contribution in [2.75, 3.05) is 0 Å². The number of aromatic nitrogens is 3. The Morgan fingerprint density at radius 1 is 1.57 bits per heavy atom. The number of carboxylic acids is 1. The number of imidazole rings is 1. The molecule has 0 unspecified atom stereocenters. The highest BCUT2D eigenvalue weighted by molar-refractivity contribution is 9.10. The van der Waals surface area contributed by atoms with Crippen molar-refractivity contribution in [2.24, 2.45) is 0 Å². The molecule has 5 nitrogen and oxygen atoms in total. The fourth-order valence-electron chi connectivity index (χ4n) is 1.13. The third-order valence-electron chi connectivity index (χ3n) is 1.76. The third kappa shape index (κ3) is 1.27. The van der Waals surface area contributed by atoms with E-state index in [0.717, 1.165) is 5.69 Å². The summed E-state index contributed by atoms with van der Waals surface area (Å²) in [6, 6.07) is 3.50. The van der Waals surface area contributed by atoms with Crippen LogP contribution in [0.4, 0.5) is 0 Å². The third-order valence-corrected chi connectivity index (χ3v) is 2.47. The van der Waals surface area contributed by atoms with E-state index in [1.807, 2.05) is 6.92 Å². The van der Waals surface area contributed by atoms with Gasteiger partial charge >= 0.3 is 5.97 Å². The molecule has 2 heterocycles. The molecule has 14 heavy (non-hydrogen) atoms. The zero-order valence-electron chi connectivity index (χ0n) is 7.23. The van der Waals surface area contributed by atoms with Gasteiger partial charge in [0.05, 0.1) is 5.69 Å². The molecule has 0 aliphatic rings. The molecule has 0 spiro atoms. The van der Waals surface area contributed by atoms with E-state index in [9.17, 15) is 4.79 Å². The van der Waals surface area contributed by atoms with Crippen molar-refractivity contribution in [3.8, 4) is 0 Å². The van der Waals surface area contributed by atoms with Gasteiger partial charge in [0.1, 0.15) is 4.60 Å². The molecule has 0 aliphatic carbocycles. The molecule has 0 aromatic carbocycles. The highest BCUT2D eigenvalue weighted by Crippen LogP contribution is 2.17. The summed E-state index contributed by atoms with van der Waals surface area (Å²) < 4.78 is 1.82. The second-order valence-electron chi connectivity index (χ2n) is 2.80. The molecule has 72 valence electrons.